The van der Waals surface area contributed by atoms with E-state index >= 15 is 0 Å². The lowest BCUT2D eigenvalue weighted by molar-refractivity contribution is 0.175. The Kier molecular flexibility index (Phi) is 5.79. The molecule has 2 rings (SSSR count). The van der Waals surface area contributed by atoms with Crippen molar-refractivity contribution in [1.82, 2.24) is 15.6 Å². The second-order valence-electron chi connectivity index (χ2n) is 5.74. The smallest absolute Gasteiger partial charge is 0.109 e. The largest absolute Gasteiger partial charge is 0.316 e. The second kappa shape index (κ2) is 7.36. The first kappa shape index (κ1) is 14.9. The minimum absolute atomic E-state index is 0.427. The molecule has 2 atom stereocenters. The molecule has 2 unspecified atom stereocenters. The molecular formula is C15H27N3S. The first-order chi connectivity index (χ1) is 9.29. The zero-order valence-electron chi connectivity index (χ0n) is 12.2. The van der Waals surface area contributed by atoms with Gasteiger partial charge in [0.25, 0.3) is 0 Å². The summed E-state index contributed by atoms with van der Waals surface area (Å²) in [5.74, 6) is 0. The van der Waals surface area contributed by atoms with E-state index in [2.05, 4.69) is 34.8 Å². The Labute approximate surface area is 121 Å². The molecule has 0 radical (unpaired) electrons. The average Bonchev–Trinajstić information content (AvgIpc) is 2.95. The molecule has 1 aliphatic heterocycles. The van der Waals surface area contributed by atoms with Gasteiger partial charge in [-0.25, -0.2) is 4.98 Å². The average molecular weight is 281 g/mol. The van der Waals surface area contributed by atoms with Crippen LogP contribution in [0.5, 0.6) is 0 Å². The van der Waals surface area contributed by atoms with Gasteiger partial charge in [0.1, 0.15) is 5.01 Å². The lowest BCUT2D eigenvalue weighted by atomic mass is 9.77. The van der Waals surface area contributed by atoms with E-state index in [0.29, 0.717) is 11.5 Å². The maximum Gasteiger partial charge on any atom is 0.109 e. The highest BCUT2D eigenvalue weighted by molar-refractivity contribution is 7.09. The number of piperidine rings is 1. The van der Waals surface area contributed by atoms with E-state index in [0.717, 1.165) is 13.0 Å². The lowest BCUT2D eigenvalue weighted by Crippen LogP contribution is -2.46. The highest BCUT2D eigenvalue weighted by Gasteiger charge is 2.31. The van der Waals surface area contributed by atoms with Gasteiger partial charge < -0.3 is 10.6 Å². The predicted molar refractivity (Wildman–Crippen MR) is 82.6 cm³/mol. The molecule has 0 spiro atoms. The van der Waals surface area contributed by atoms with Gasteiger partial charge in [0.2, 0.25) is 0 Å². The maximum absolute atomic E-state index is 4.46. The Bertz CT molecular complexity index is 339. The van der Waals surface area contributed by atoms with Crippen LogP contribution in [0, 0.1) is 5.41 Å². The van der Waals surface area contributed by atoms with Crippen molar-refractivity contribution in [2.45, 2.75) is 52.0 Å². The normalized spacial score (nSPS) is 25.4. The van der Waals surface area contributed by atoms with Crippen LogP contribution < -0.4 is 10.6 Å². The van der Waals surface area contributed by atoms with Crippen LogP contribution in [0.25, 0.3) is 0 Å². The number of nitrogens with one attached hydrogen (secondary N) is 2. The molecular weight excluding hydrogens is 254 g/mol. The van der Waals surface area contributed by atoms with Crippen LogP contribution in [0.15, 0.2) is 11.6 Å². The van der Waals surface area contributed by atoms with E-state index in [4.69, 9.17) is 0 Å². The Morgan fingerprint density at radius 2 is 2.42 bits per heavy atom. The fourth-order valence-corrected chi connectivity index (χ4v) is 3.96. The van der Waals surface area contributed by atoms with Crippen LogP contribution in [-0.2, 0) is 0 Å². The van der Waals surface area contributed by atoms with Crippen LogP contribution in [0.1, 0.15) is 57.0 Å². The minimum atomic E-state index is 0.427. The fraction of sp³-hybridized carbons (Fsp3) is 0.800. The molecule has 108 valence electrons. The molecule has 2 heterocycles. The molecule has 1 aliphatic rings. The molecule has 0 aliphatic carbocycles. The molecule has 19 heavy (non-hydrogen) atoms. The highest BCUT2D eigenvalue weighted by Crippen LogP contribution is 2.32. The summed E-state index contributed by atoms with van der Waals surface area (Å²) in [4.78, 5) is 4.46. The summed E-state index contributed by atoms with van der Waals surface area (Å²) in [6, 6.07) is 0.427. The van der Waals surface area contributed by atoms with Gasteiger partial charge in [0.05, 0.1) is 6.04 Å². The van der Waals surface area contributed by atoms with Gasteiger partial charge in [-0.2, -0.15) is 0 Å². The van der Waals surface area contributed by atoms with Crippen molar-refractivity contribution < 1.29 is 0 Å². The standard InChI is InChI=1S/C15H27N3S/c1-3-6-15(7-5-8-16-11-15)12-18-13(4-2)14-17-9-10-19-14/h9-10,13,16,18H,3-8,11-12H2,1-2H3. The van der Waals surface area contributed by atoms with Gasteiger partial charge in [0.15, 0.2) is 0 Å². The first-order valence-corrected chi connectivity index (χ1v) is 8.51. The molecule has 0 aromatic carbocycles. The van der Waals surface area contributed by atoms with Crippen molar-refractivity contribution >= 4 is 11.3 Å². The molecule has 4 heteroatoms. The van der Waals surface area contributed by atoms with Crippen molar-refractivity contribution in [3.8, 4) is 0 Å². The molecule has 1 aromatic rings. The van der Waals surface area contributed by atoms with Gasteiger partial charge >= 0.3 is 0 Å². The maximum atomic E-state index is 4.46. The van der Waals surface area contributed by atoms with E-state index in [1.165, 1.54) is 43.8 Å². The summed E-state index contributed by atoms with van der Waals surface area (Å²) in [5.41, 5.74) is 0.456. The predicted octanol–water partition coefficient (Wildman–Crippen LogP) is 3.35. The van der Waals surface area contributed by atoms with Gasteiger partial charge in [-0.15, -0.1) is 11.3 Å². The second-order valence-corrected chi connectivity index (χ2v) is 6.67. The molecule has 0 bridgehead atoms. The van der Waals surface area contributed by atoms with Crippen molar-refractivity contribution in [1.29, 1.82) is 0 Å². The molecule has 0 saturated carbocycles. The van der Waals surface area contributed by atoms with Crippen LogP contribution in [-0.4, -0.2) is 24.6 Å². The van der Waals surface area contributed by atoms with Crippen molar-refractivity contribution in [3.05, 3.63) is 16.6 Å². The third-order valence-electron chi connectivity index (χ3n) is 4.22. The van der Waals surface area contributed by atoms with Gasteiger partial charge in [-0.05, 0) is 37.6 Å². The third kappa shape index (κ3) is 4.01. The number of thiazole rings is 1. The number of hydrogen-bond acceptors (Lipinski definition) is 4. The number of hydrogen-bond donors (Lipinski definition) is 2. The zero-order valence-corrected chi connectivity index (χ0v) is 13.1. The molecule has 1 fully saturated rings. The van der Waals surface area contributed by atoms with E-state index < -0.39 is 0 Å². The molecule has 0 amide bonds. The summed E-state index contributed by atoms with van der Waals surface area (Å²) in [6.45, 7) is 8.02. The summed E-state index contributed by atoms with van der Waals surface area (Å²) >= 11 is 1.77. The van der Waals surface area contributed by atoms with E-state index in [1.807, 2.05) is 6.20 Å². The molecule has 1 aromatic heterocycles. The van der Waals surface area contributed by atoms with E-state index in [1.54, 1.807) is 11.3 Å². The quantitative estimate of drug-likeness (QED) is 0.805. The lowest BCUT2D eigenvalue weighted by Gasteiger charge is -2.39. The van der Waals surface area contributed by atoms with Gasteiger partial charge in [-0.1, -0.05) is 20.3 Å². The summed E-state index contributed by atoms with van der Waals surface area (Å²) in [6.07, 6.45) is 8.29. The van der Waals surface area contributed by atoms with E-state index in [9.17, 15) is 0 Å². The fourth-order valence-electron chi connectivity index (χ4n) is 3.17. The molecule has 2 N–H and O–H groups in total. The van der Waals surface area contributed by atoms with Crippen LogP contribution in [0.2, 0.25) is 0 Å². The topological polar surface area (TPSA) is 37.0 Å². The van der Waals surface area contributed by atoms with Crippen molar-refractivity contribution in [2.24, 2.45) is 5.41 Å². The molecule has 1 saturated heterocycles. The Morgan fingerprint density at radius 1 is 1.53 bits per heavy atom. The van der Waals surface area contributed by atoms with Crippen molar-refractivity contribution in [2.75, 3.05) is 19.6 Å². The first-order valence-electron chi connectivity index (χ1n) is 7.63. The van der Waals surface area contributed by atoms with Crippen molar-refractivity contribution in [3.63, 3.8) is 0 Å². The highest BCUT2D eigenvalue weighted by atomic mass is 32.1. The van der Waals surface area contributed by atoms with E-state index in [-0.39, 0.29) is 0 Å². The zero-order chi connectivity index (χ0) is 13.6. The minimum Gasteiger partial charge on any atom is -0.316 e. The molecule has 3 nitrogen and oxygen atoms in total. The monoisotopic (exact) mass is 281 g/mol. The van der Waals surface area contributed by atoms with Gasteiger partial charge in [0, 0.05) is 24.7 Å². The summed E-state index contributed by atoms with van der Waals surface area (Å²) in [7, 11) is 0. The van der Waals surface area contributed by atoms with Crippen LogP contribution in [0.3, 0.4) is 0 Å². The SMILES string of the molecule is CCCC1(CNC(CC)c2nccs2)CCCNC1. The van der Waals surface area contributed by atoms with Gasteiger partial charge in [-0.3, -0.25) is 0 Å². The van der Waals surface area contributed by atoms with Crippen LogP contribution in [0.4, 0.5) is 0 Å². The number of aromatic nitrogens is 1. The number of rotatable bonds is 7. The Hall–Kier alpha value is -0.450. The Balaban J connectivity index is 1.93. The number of nitrogens with zero attached hydrogens (tertiary/aromatic N) is 1. The summed E-state index contributed by atoms with van der Waals surface area (Å²) in [5, 5.41) is 10.7. The van der Waals surface area contributed by atoms with Crippen LogP contribution >= 0.6 is 11.3 Å². The Morgan fingerprint density at radius 3 is 3.00 bits per heavy atom. The summed E-state index contributed by atoms with van der Waals surface area (Å²) < 4.78 is 0. The third-order valence-corrected chi connectivity index (χ3v) is 5.11.